The molecule has 0 saturated heterocycles. The van der Waals surface area contributed by atoms with Gasteiger partial charge in [-0.05, 0) is 43.4 Å². The monoisotopic (exact) mass is 474 g/mol. The Morgan fingerprint density at radius 3 is 1.74 bits per heavy atom. The molecule has 1 aromatic carbocycles. The molecule has 0 saturated carbocycles. The molecule has 0 fully saturated rings. The van der Waals surface area contributed by atoms with E-state index in [0.717, 1.165) is 24.8 Å². The molecule has 0 atom stereocenters. The van der Waals surface area contributed by atoms with Gasteiger partial charge >= 0.3 is 11.9 Å². The van der Waals surface area contributed by atoms with E-state index in [4.69, 9.17) is 9.47 Å². The van der Waals surface area contributed by atoms with Crippen molar-refractivity contribution in [2.45, 2.75) is 130 Å². The normalized spacial score (nSPS) is 11.4. The number of hydrogen-bond acceptors (Lipinski definition) is 4. The van der Waals surface area contributed by atoms with Crippen molar-refractivity contribution in [2.24, 2.45) is 5.41 Å². The first-order valence-electron chi connectivity index (χ1n) is 14.0. The second-order valence-corrected chi connectivity index (χ2v) is 9.56. The minimum Gasteiger partial charge on any atom is -0.465 e. The highest BCUT2D eigenvalue weighted by Gasteiger charge is 2.46. The van der Waals surface area contributed by atoms with Crippen LogP contribution in [-0.2, 0) is 20.7 Å². The molecular formula is C30H50O4. The molecule has 1 rings (SSSR count). The Balaban J connectivity index is 2.26. The third-order valence-corrected chi connectivity index (χ3v) is 6.99. The molecule has 0 radical (unpaired) electrons. The lowest BCUT2D eigenvalue weighted by atomic mass is 9.82. The number of carbonyl (C=O) groups excluding carboxylic acids is 2. The summed E-state index contributed by atoms with van der Waals surface area (Å²) in [4.78, 5) is 25.8. The van der Waals surface area contributed by atoms with Gasteiger partial charge in [-0.3, -0.25) is 9.59 Å². The highest BCUT2D eigenvalue weighted by Crippen LogP contribution is 2.31. The van der Waals surface area contributed by atoms with Crippen molar-refractivity contribution in [3.8, 4) is 5.75 Å². The average Bonchev–Trinajstić information content (AvgIpc) is 2.85. The van der Waals surface area contributed by atoms with Crippen molar-refractivity contribution < 1.29 is 19.1 Å². The second kappa shape index (κ2) is 18.5. The van der Waals surface area contributed by atoms with Crippen molar-refractivity contribution in [3.05, 3.63) is 29.8 Å². The fourth-order valence-corrected chi connectivity index (χ4v) is 4.37. The van der Waals surface area contributed by atoms with Crippen LogP contribution in [0.4, 0.5) is 0 Å². The Hall–Kier alpha value is -1.84. The van der Waals surface area contributed by atoms with Crippen LogP contribution < -0.4 is 4.74 Å². The predicted molar refractivity (Wildman–Crippen MR) is 141 cm³/mol. The highest BCUT2D eigenvalue weighted by atomic mass is 16.6. The van der Waals surface area contributed by atoms with E-state index >= 15 is 0 Å². The number of carbonyl (C=O) groups is 2. The van der Waals surface area contributed by atoms with Crippen LogP contribution in [0, 0.1) is 5.41 Å². The van der Waals surface area contributed by atoms with Gasteiger partial charge in [-0.15, -0.1) is 0 Å². The lowest BCUT2D eigenvalue weighted by molar-refractivity contribution is -0.168. The molecule has 0 bridgehead atoms. The Bertz CT molecular complexity index is 678. The van der Waals surface area contributed by atoms with Gasteiger partial charge in [-0.25, -0.2) is 0 Å². The summed E-state index contributed by atoms with van der Waals surface area (Å²) in [6, 6.07) is 7.47. The van der Waals surface area contributed by atoms with E-state index in [2.05, 4.69) is 13.8 Å². The smallest absolute Gasteiger partial charge is 0.328 e. The molecule has 0 spiro atoms. The van der Waals surface area contributed by atoms with Crippen molar-refractivity contribution in [1.29, 1.82) is 0 Å². The molecule has 34 heavy (non-hydrogen) atoms. The molecule has 0 aliphatic heterocycles. The van der Waals surface area contributed by atoms with Gasteiger partial charge < -0.3 is 9.47 Å². The van der Waals surface area contributed by atoms with E-state index in [0.29, 0.717) is 25.2 Å². The Labute approximate surface area is 209 Å². The first kappa shape index (κ1) is 30.2. The summed E-state index contributed by atoms with van der Waals surface area (Å²) >= 11 is 0. The van der Waals surface area contributed by atoms with E-state index in [9.17, 15) is 9.59 Å². The summed E-state index contributed by atoms with van der Waals surface area (Å²) in [7, 11) is 0. The van der Waals surface area contributed by atoms with Crippen molar-refractivity contribution >= 4 is 11.9 Å². The largest absolute Gasteiger partial charge is 0.465 e. The van der Waals surface area contributed by atoms with Gasteiger partial charge in [0.15, 0.2) is 5.41 Å². The molecule has 0 heterocycles. The molecule has 0 amide bonds. The van der Waals surface area contributed by atoms with E-state index in [1.165, 1.54) is 70.6 Å². The van der Waals surface area contributed by atoms with Gasteiger partial charge in [0, 0.05) is 0 Å². The zero-order chi connectivity index (χ0) is 25.1. The summed E-state index contributed by atoms with van der Waals surface area (Å²) in [6.45, 7) is 8.38. The predicted octanol–water partition coefficient (Wildman–Crippen LogP) is 8.60. The zero-order valence-electron chi connectivity index (χ0n) is 22.5. The summed E-state index contributed by atoms with van der Waals surface area (Å²) in [5, 5.41) is 0. The van der Waals surface area contributed by atoms with Crippen LogP contribution in [0.3, 0.4) is 0 Å². The lowest BCUT2D eigenvalue weighted by Gasteiger charge is -2.26. The molecule has 0 aliphatic carbocycles. The number of benzene rings is 1. The molecular weight excluding hydrogens is 424 g/mol. The second-order valence-electron chi connectivity index (χ2n) is 9.56. The van der Waals surface area contributed by atoms with Crippen LogP contribution in [0.15, 0.2) is 24.3 Å². The molecule has 4 heteroatoms. The topological polar surface area (TPSA) is 52.6 Å². The number of unbranched alkanes of at least 4 members (excludes halogenated alkanes) is 12. The van der Waals surface area contributed by atoms with E-state index in [-0.39, 0.29) is 0 Å². The number of rotatable bonds is 20. The van der Waals surface area contributed by atoms with Gasteiger partial charge in [0.1, 0.15) is 5.75 Å². The van der Waals surface area contributed by atoms with Crippen molar-refractivity contribution in [1.82, 2.24) is 0 Å². The summed E-state index contributed by atoms with van der Waals surface area (Å²) in [5.74, 6) is -0.478. The molecule has 0 aliphatic rings. The quantitative estimate of drug-likeness (QED) is 0.0821. The fourth-order valence-electron chi connectivity index (χ4n) is 4.37. The molecule has 194 valence electrons. The standard InChI is InChI=1S/C30H50O4/c1-5-9-10-11-12-13-14-15-16-17-18-19-20-24-33-28(31)30(7-3,8-4)29(32)34-27-23-21-22-26(6-2)25-27/h21-23,25H,5-20,24H2,1-4H3. The third kappa shape index (κ3) is 11.1. The minimum atomic E-state index is -1.24. The lowest BCUT2D eigenvalue weighted by Crippen LogP contribution is -2.42. The first-order chi connectivity index (χ1) is 16.5. The van der Waals surface area contributed by atoms with E-state index < -0.39 is 17.4 Å². The maximum absolute atomic E-state index is 13.0. The maximum atomic E-state index is 13.0. The van der Waals surface area contributed by atoms with Crippen LogP contribution in [-0.4, -0.2) is 18.5 Å². The van der Waals surface area contributed by atoms with Gasteiger partial charge in [-0.2, -0.15) is 0 Å². The summed E-state index contributed by atoms with van der Waals surface area (Å²) in [5.41, 5.74) is -0.146. The fraction of sp³-hybridized carbons (Fsp3) is 0.733. The van der Waals surface area contributed by atoms with Crippen LogP contribution in [0.5, 0.6) is 5.75 Å². The van der Waals surface area contributed by atoms with Gasteiger partial charge in [0.2, 0.25) is 0 Å². The minimum absolute atomic E-state index is 0.368. The van der Waals surface area contributed by atoms with Crippen LogP contribution >= 0.6 is 0 Å². The summed E-state index contributed by atoms with van der Waals surface area (Å²) < 4.78 is 11.2. The molecule has 4 nitrogen and oxygen atoms in total. The van der Waals surface area contributed by atoms with Gasteiger partial charge in [0.25, 0.3) is 0 Å². The maximum Gasteiger partial charge on any atom is 0.328 e. The number of hydrogen-bond donors (Lipinski definition) is 0. The number of esters is 2. The Morgan fingerprint density at radius 1 is 0.706 bits per heavy atom. The van der Waals surface area contributed by atoms with Gasteiger partial charge in [-0.1, -0.05) is 117 Å². The molecule has 0 aromatic heterocycles. The number of ether oxygens (including phenoxy) is 2. The van der Waals surface area contributed by atoms with Crippen molar-refractivity contribution in [3.63, 3.8) is 0 Å². The SMILES string of the molecule is CCCCCCCCCCCCCCCOC(=O)C(CC)(CC)C(=O)Oc1cccc(CC)c1. The molecule has 1 aromatic rings. The number of aryl methyl sites for hydroxylation is 1. The molecule has 0 N–H and O–H groups in total. The highest BCUT2D eigenvalue weighted by molar-refractivity contribution is 6.00. The van der Waals surface area contributed by atoms with Crippen molar-refractivity contribution in [2.75, 3.05) is 6.61 Å². The summed E-state index contributed by atoms with van der Waals surface area (Å²) in [6.07, 6.45) is 18.2. The third-order valence-electron chi connectivity index (χ3n) is 6.99. The van der Waals surface area contributed by atoms with Crippen LogP contribution in [0.2, 0.25) is 0 Å². The average molecular weight is 475 g/mol. The van der Waals surface area contributed by atoms with Crippen LogP contribution in [0.25, 0.3) is 0 Å². The first-order valence-corrected chi connectivity index (χ1v) is 14.0. The zero-order valence-corrected chi connectivity index (χ0v) is 22.5. The Morgan fingerprint density at radius 2 is 1.24 bits per heavy atom. The van der Waals surface area contributed by atoms with E-state index in [1.807, 2.05) is 32.0 Å². The Kier molecular flexibility index (Phi) is 16.4. The van der Waals surface area contributed by atoms with Crippen LogP contribution in [0.1, 0.15) is 130 Å². The van der Waals surface area contributed by atoms with Gasteiger partial charge in [0.05, 0.1) is 6.61 Å². The molecule has 0 unspecified atom stereocenters. The van der Waals surface area contributed by atoms with E-state index in [1.54, 1.807) is 6.07 Å².